The zero-order chi connectivity index (χ0) is 35.9. The SMILES string of the molecule is Cc1cc2c(cc1C)COc1ccc(cc1)NC(=O)c1ccccc1OCc1ccc(cc1)COc1ccccc1C(=O)Nc1ccc(cc1)OC2. The van der Waals surface area contributed by atoms with Gasteiger partial charge in [-0.15, -0.1) is 0 Å². The van der Waals surface area contributed by atoms with Gasteiger partial charge in [0.25, 0.3) is 11.8 Å². The molecule has 0 unspecified atom stereocenters. The largest absolute Gasteiger partial charge is 0.489 e. The minimum Gasteiger partial charge on any atom is -0.489 e. The molecule has 2 amide bonds. The lowest BCUT2D eigenvalue weighted by molar-refractivity contribution is 0.101. The molecule has 4 aliphatic rings. The summed E-state index contributed by atoms with van der Waals surface area (Å²) < 4.78 is 24.6. The van der Waals surface area contributed by atoms with Crippen molar-refractivity contribution >= 4 is 23.2 Å². The topological polar surface area (TPSA) is 95.1 Å². The van der Waals surface area contributed by atoms with E-state index in [0.717, 1.165) is 33.4 Å². The molecule has 4 heterocycles. The fourth-order valence-corrected chi connectivity index (χ4v) is 5.81. The van der Waals surface area contributed by atoms with E-state index in [1.807, 2.05) is 97.1 Å². The molecule has 0 saturated heterocycles. The van der Waals surface area contributed by atoms with E-state index in [2.05, 4.69) is 36.6 Å². The molecule has 0 aliphatic carbocycles. The van der Waals surface area contributed by atoms with Crippen LogP contribution in [0.2, 0.25) is 0 Å². The van der Waals surface area contributed by atoms with E-state index in [0.29, 0.717) is 58.7 Å². The lowest BCUT2D eigenvalue weighted by Gasteiger charge is -2.16. The van der Waals surface area contributed by atoms with Gasteiger partial charge in [-0.25, -0.2) is 0 Å². The summed E-state index contributed by atoms with van der Waals surface area (Å²) in [4.78, 5) is 26.7. The fraction of sp³-hybridized carbons (Fsp3) is 0.136. The van der Waals surface area contributed by atoms with E-state index in [9.17, 15) is 9.59 Å². The van der Waals surface area contributed by atoms with E-state index in [4.69, 9.17) is 18.9 Å². The molecule has 2 N–H and O–H groups in total. The Morgan fingerprint density at radius 2 is 0.827 bits per heavy atom. The predicted molar refractivity (Wildman–Crippen MR) is 201 cm³/mol. The highest BCUT2D eigenvalue weighted by Gasteiger charge is 2.15. The van der Waals surface area contributed by atoms with Crippen molar-refractivity contribution in [1.29, 1.82) is 0 Å². The Morgan fingerprint density at radius 1 is 0.442 bits per heavy atom. The van der Waals surface area contributed by atoms with Crippen LogP contribution in [0.3, 0.4) is 0 Å². The van der Waals surface area contributed by atoms with Crippen LogP contribution in [0.5, 0.6) is 23.0 Å². The van der Waals surface area contributed by atoms with E-state index >= 15 is 0 Å². The summed E-state index contributed by atoms with van der Waals surface area (Å²) in [6.45, 7) is 5.38. The highest BCUT2D eigenvalue weighted by atomic mass is 16.5. The van der Waals surface area contributed by atoms with Gasteiger partial charge in [0.2, 0.25) is 0 Å². The highest BCUT2D eigenvalue weighted by molar-refractivity contribution is 6.06. The molecule has 0 atom stereocenters. The number of fused-ring (bicyclic) bond motifs is 3. The molecule has 6 aromatic rings. The Labute approximate surface area is 303 Å². The van der Waals surface area contributed by atoms with E-state index in [-0.39, 0.29) is 25.0 Å². The van der Waals surface area contributed by atoms with Crippen LogP contribution in [0.25, 0.3) is 0 Å². The summed E-state index contributed by atoms with van der Waals surface area (Å²) in [5.74, 6) is 1.74. The van der Waals surface area contributed by atoms with Crippen LogP contribution in [0.4, 0.5) is 11.4 Å². The van der Waals surface area contributed by atoms with E-state index in [1.165, 1.54) is 0 Å². The lowest BCUT2D eigenvalue weighted by Crippen LogP contribution is -2.14. The number of aryl methyl sites for hydroxylation is 2. The zero-order valence-corrected chi connectivity index (χ0v) is 29.0. The van der Waals surface area contributed by atoms with Gasteiger partial charge in [0.1, 0.15) is 49.4 Å². The number of carbonyl (C=O) groups is 2. The molecule has 0 saturated carbocycles. The zero-order valence-electron chi connectivity index (χ0n) is 29.0. The summed E-state index contributed by atoms with van der Waals surface area (Å²) in [7, 11) is 0. The number of para-hydroxylation sites is 2. The number of nitrogens with one attached hydrogen (secondary N) is 2. The summed E-state index contributed by atoms with van der Waals surface area (Å²) >= 11 is 0. The van der Waals surface area contributed by atoms with Crippen LogP contribution < -0.4 is 29.6 Å². The molecule has 52 heavy (non-hydrogen) atoms. The van der Waals surface area contributed by atoms with Gasteiger partial charge in [0.15, 0.2) is 0 Å². The first-order valence-corrected chi connectivity index (χ1v) is 17.1. The fourth-order valence-electron chi connectivity index (χ4n) is 5.81. The number of carbonyl (C=O) groups excluding carboxylic acids is 2. The van der Waals surface area contributed by atoms with Crippen LogP contribution in [0.1, 0.15) is 54.1 Å². The third-order valence-corrected chi connectivity index (χ3v) is 8.90. The van der Waals surface area contributed by atoms with Crippen molar-refractivity contribution < 1.29 is 28.5 Å². The lowest BCUT2D eigenvalue weighted by atomic mass is 10.0. The average Bonchev–Trinajstić information content (AvgIpc) is 3.17. The van der Waals surface area contributed by atoms with E-state index in [1.54, 1.807) is 24.3 Å². The quantitative estimate of drug-likeness (QED) is 0.165. The molecule has 6 bridgehead atoms. The predicted octanol–water partition coefficient (Wildman–Crippen LogP) is 9.44. The standard InChI is InChI=1S/C44H38N2O6/c1-29-23-33-27-49-37-19-15-35(16-20-37)45-43(47)39-7-3-5-9-41(39)51-25-31-11-13-32(14-12-31)26-52-42-10-6-4-8-40(42)44(48)46-36-17-21-38(22-18-36)50-28-34(33)24-30(29)2/h3-24H,25-28H2,1-2H3,(H,45,47)(H,46,48). The summed E-state index contributed by atoms with van der Waals surface area (Å²) in [5.41, 5.74) is 8.33. The summed E-state index contributed by atoms with van der Waals surface area (Å²) in [5, 5.41) is 5.94. The van der Waals surface area contributed by atoms with Gasteiger partial charge < -0.3 is 29.6 Å². The van der Waals surface area contributed by atoms with Crippen LogP contribution in [-0.2, 0) is 26.4 Å². The molecule has 0 fully saturated rings. The van der Waals surface area contributed by atoms with Crippen LogP contribution in [0.15, 0.2) is 133 Å². The number of benzene rings is 6. The number of hydrogen-bond donors (Lipinski definition) is 2. The van der Waals surface area contributed by atoms with Gasteiger partial charge in [-0.3, -0.25) is 9.59 Å². The van der Waals surface area contributed by atoms with Gasteiger partial charge in [-0.2, -0.15) is 0 Å². The molecule has 10 rings (SSSR count). The second kappa shape index (κ2) is 15.6. The number of rotatable bonds is 0. The summed E-state index contributed by atoms with van der Waals surface area (Å²) in [6, 6.07) is 41.0. The van der Waals surface area contributed by atoms with Crippen molar-refractivity contribution in [3.63, 3.8) is 0 Å². The maximum atomic E-state index is 13.3. The van der Waals surface area contributed by atoms with Crippen molar-refractivity contribution in [2.45, 2.75) is 40.3 Å². The average molecular weight is 691 g/mol. The second-order valence-electron chi connectivity index (χ2n) is 12.6. The number of amides is 2. The van der Waals surface area contributed by atoms with Crippen molar-refractivity contribution in [2.75, 3.05) is 10.6 Å². The maximum Gasteiger partial charge on any atom is 0.259 e. The molecule has 6 aromatic carbocycles. The third-order valence-electron chi connectivity index (χ3n) is 8.90. The Balaban J connectivity index is 1.15. The Bertz CT molecular complexity index is 2040. The van der Waals surface area contributed by atoms with E-state index < -0.39 is 0 Å². The molecule has 0 spiro atoms. The highest BCUT2D eigenvalue weighted by Crippen LogP contribution is 2.26. The molecule has 8 nitrogen and oxygen atoms in total. The third kappa shape index (κ3) is 8.25. The molecule has 0 aromatic heterocycles. The number of ether oxygens (including phenoxy) is 4. The van der Waals surface area contributed by atoms with Crippen LogP contribution >= 0.6 is 0 Å². The molecule has 4 aliphatic heterocycles. The molecular formula is C44H38N2O6. The summed E-state index contributed by atoms with van der Waals surface area (Å²) in [6.07, 6.45) is 0. The van der Waals surface area contributed by atoms with Crippen molar-refractivity contribution in [3.8, 4) is 23.0 Å². The smallest absolute Gasteiger partial charge is 0.259 e. The van der Waals surface area contributed by atoms with Gasteiger partial charge in [-0.05, 0) is 120 Å². The first kappa shape index (κ1) is 33.9. The minimum absolute atomic E-state index is 0.274. The van der Waals surface area contributed by atoms with Crippen LogP contribution in [0, 0.1) is 13.8 Å². The van der Waals surface area contributed by atoms with Gasteiger partial charge in [-0.1, -0.05) is 60.7 Å². The van der Waals surface area contributed by atoms with Crippen LogP contribution in [-0.4, -0.2) is 11.8 Å². The van der Waals surface area contributed by atoms with Gasteiger partial charge >= 0.3 is 0 Å². The minimum atomic E-state index is -0.278. The van der Waals surface area contributed by atoms with Gasteiger partial charge in [0.05, 0.1) is 11.1 Å². The van der Waals surface area contributed by atoms with Crippen molar-refractivity contribution in [1.82, 2.24) is 0 Å². The Hall–Kier alpha value is -6.54. The normalized spacial score (nSPS) is 13.5. The molecule has 0 radical (unpaired) electrons. The maximum absolute atomic E-state index is 13.3. The monoisotopic (exact) mass is 690 g/mol. The van der Waals surface area contributed by atoms with Crippen molar-refractivity contribution in [3.05, 3.63) is 178 Å². The Kier molecular flexibility index (Phi) is 10.2. The molecule has 260 valence electrons. The first-order chi connectivity index (χ1) is 25.4. The number of anilines is 2. The first-order valence-electron chi connectivity index (χ1n) is 17.1. The van der Waals surface area contributed by atoms with Gasteiger partial charge in [0, 0.05) is 11.4 Å². The second-order valence-corrected chi connectivity index (χ2v) is 12.6. The van der Waals surface area contributed by atoms with Crippen molar-refractivity contribution in [2.24, 2.45) is 0 Å². The Morgan fingerprint density at radius 3 is 1.23 bits per heavy atom. The number of hydrogen-bond acceptors (Lipinski definition) is 6. The molecule has 8 heteroatoms. The molecular weight excluding hydrogens is 652 g/mol.